The molecule has 0 aliphatic rings. The zero-order valence-electron chi connectivity index (χ0n) is 13.9. The summed E-state index contributed by atoms with van der Waals surface area (Å²) >= 11 is 0. The Morgan fingerprint density at radius 2 is 1.54 bits per heavy atom. The molecule has 2 aromatic carbocycles. The van der Waals surface area contributed by atoms with Crippen LogP contribution in [0.1, 0.15) is 10.4 Å². The maximum Gasteiger partial charge on any atom is 0.454 e. The van der Waals surface area contributed by atoms with Crippen LogP contribution in [0.25, 0.3) is 16.9 Å². The summed E-state index contributed by atoms with van der Waals surface area (Å²) in [5.41, 5.74) is 0.216. The normalized spacial score (nSPS) is 12.2. The number of sulfonamides is 1. The number of halogens is 4. The van der Waals surface area contributed by atoms with Crippen LogP contribution in [0.4, 0.5) is 17.6 Å². The number of aromatic nitrogens is 1. The van der Waals surface area contributed by atoms with E-state index < -0.39 is 33.4 Å². The van der Waals surface area contributed by atoms with Gasteiger partial charge in [0, 0.05) is 17.4 Å². The van der Waals surface area contributed by atoms with Gasteiger partial charge in [-0.3, -0.25) is 4.79 Å². The Bertz CT molecular complexity index is 1130. The number of rotatable bonds is 4. The SMILES string of the molecule is NS(=O)(=O)c1ccc(-c2cc(C(=O)C(F)(F)F)cn2-c2ccc(F)cc2)cc1. The van der Waals surface area contributed by atoms with Crippen molar-refractivity contribution in [2.24, 2.45) is 5.14 Å². The molecule has 3 rings (SSSR count). The first-order chi connectivity index (χ1) is 13.0. The van der Waals surface area contributed by atoms with Crippen molar-refractivity contribution >= 4 is 15.8 Å². The van der Waals surface area contributed by atoms with Gasteiger partial charge >= 0.3 is 6.18 Å². The Hall–Kier alpha value is -2.98. The summed E-state index contributed by atoms with van der Waals surface area (Å²) in [6, 6.07) is 11.0. The molecule has 0 atom stereocenters. The highest BCUT2D eigenvalue weighted by molar-refractivity contribution is 7.89. The van der Waals surface area contributed by atoms with Gasteiger partial charge in [-0.15, -0.1) is 0 Å². The Morgan fingerprint density at radius 1 is 0.964 bits per heavy atom. The monoisotopic (exact) mass is 412 g/mol. The highest BCUT2D eigenvalue weighted by Gasteiger charge is 2.40. The second-order valence-electron chi connectivity index (χ2n) is 5.86. The molecule has 146 valence electrons. The number of Topliss-reactive ketones (excluding diaryl/α,β-unsaturated/α-hetero) is 1. The largest absolute Gasteiger partial charge is 0.454 e. The van der Waals surface area contributed by atoms with E-state index in [2.05, 4.69) is 0 Å². The summed E-state index contributed by atoms with van der Waals surface area (Å²) in [5.74, 6) is -2.57. The lowest BCUT2D eigenvalue weighted by Crippen LogP contribution is -2.22. The maximum absolute atomic E-state index is 13.2. The molecule has 10 heteroatoms. The minimum absolute atomic E-state index is 0.178. The number of nitrogens with zero attached hydrogens (tertiary/aromatic N) is 1. The van der Waals surface area contributed by atoms with Crippen LogP contribution in [0.15, 0.2) is 65.7 Å². The Kier molecular flexibility index (Phi) is 4.86. The third kappa shape index (κ3) is 3.97. The summed E-state index contributed by atoms with van der Waals surface area (Å²) in [7, 11) is -3.95. The summed E-state index contributed by atoms with van der Waals surface area (Å²) in [5, 5.41) is 5.03. The lowest BCUT2D eigenvalue weighted by Gasteiger charge is -2.10. The molecule has 0 radical (unpaired) electrons. The van der Waals surface area contributed by atoms with Crippen molar-refractivity contribution in [1.29, 1.82) is 0 Å². The number of carbonyl (C=O) groups excluding carboxylic acids is 1. The van der Waals surface area contributed by atoms with Crippen molar-refractivity contribution in [3.8, 4) is 16.9 Å². The van der Waals surface area contributed by atoms with Gasteiger partial charge in [0.1, 0.15) is 5.82 Å². The van der Waals surface area contributed by atoms with Crippen LogP contribution in [-0.4, -0.2) is 24.9 Å². The number of nitrogens with two attached hydrogens (primary N) is 1. The van der Waals surface area contributed by atoms with E-state index in [-0.39, 0.29) is 10.6 Å². The first kappa shape index (κ1) is 19.8. The van der Waals surface area contributed by atoms with E-state index >= 15 is 0 Å². The molecule has 0 unspecified atom stereocenters. The van der Waals surface area contributed by atoms with Crippen LogP contribution in [0.5, 0.6) is 0 Å². The molecular formula is C18H12F4N2O3S. The van der Waals surface area contributed by atoms with E-state index in [1.54, 1.807) is 0 Å². The number of alkyl halides is 3. The van der Waals surface area contributed by atoms with Gasteiger partial charge < -0.3 is 4.57 Å². The van der Waals surface area contributed by atoms with Crippen LogP contribution in [0, 0.1) is 5.82 Å². The Balaban J connectivity index is 2.17. The van der Waals surface area contributed by atoms with Crippen molar-refractivity contribution < 1.29 is 30.8 Å². The molecule has 0 bridgehead atoms. The molecule has 2 N–H and O–H groups in total. The second kappa shape index (κ2) is 6.88. The van der Waals surface area contributed by atoms with E-state index in [0.29, 0.717) is 11.3 Å². The van der Waals surface area contributed by atoms with Gasteiger partial charge in [0.15, 0.2) is 0 Å². The number of hydrogen-bond donors (Lipinski definition) is 1. The van der Waals surface area contributed by atoms with Gasteiger partial charge in [-0.25, -0.2) is 17.9 Å². The maximum atomic E-state index is 13.2. The van der Waals surface area contributed by atoms with E-state index in [0.717, 1.165) is 24.4 Å². The first-order valence-electron chi connectivity index (χ1n) is 7.70. The molecule has 1 aromatic heterocycles. The van der Waals surface area contributed by atoms with Crippen LogP contribution >= 0.6 is 0 Å². The minimum Gasteiger partial charge on any atom is -0.316 e. The van der Waals surface area contributed by atoms with Gasteiger partial charge in [-0.1, -0.05) is 12.1 Å². The summed E-state index contributed by atoms with van der Waals surface area (Å²) < 4.78 is 75.7. The van der Waals surface area contributed by atoms with Gasteiger partial charge in [0.05, 0.1) is 10.6 Å². The van der Waals surface area contributed by atoms with Gasteiger partial charge in [-0.05, 0) is 48.0 Å². The molecule has 3 aromatic rings. The number of carbonyl (C=O) groups is 1. The third-order valence-corrected chi connectivity index (χ3v) is 4.85. The molecule has 1 heterocycles. The molecule has 0 saturated carbocycles. The van der Waals surface area contributed by atoms with E-state index in [9.17, 15) is 30.8 Å². The molecule has 0 aliphatic heterocycles. The number of hydrogen-bond acceptors (Lipinski definition) is 3. The van der Waals surface area contributed by atoms with Gasteiger partial charge in [-0.2, -0.15) is 13.2 Å². The van der Waals surface area contributed by atoms with E-state index in [1.165, 1.54) is 41.0 Å². The van der Waals surface area contributed by atoms with Crippen molar-refractivity contribution in [3.05, 3.63) is 72.2 Å². The number of benzene rings is 2. The van der Waals surface area contributed by atoms with Gasteiger partial charge in [0.25, 0.3) is 5.78 Å². The predicted molar refractivity (Wildman–Crippen MR) is 92.9 cm³/mol. The second-order valence-corrected chi connectivity index (χ2v) is 7.42. The lowest BCUT2D eigenvalue weighted by atomic mass is 10.1. The van der Waals surface area contributed by atoms with Crippen molar-refractivity contribution in [2.45, 2.75) is 11.1 Å². The fourth-order valence-corrected chi connectivity index (χ4v) is 3.12. The zero-order valence-corrected chi connectivity index (χ0v) is 14.8. The molecule has 0 aliphatic carbocycles. The summed E-state index contributed by atoms with van der Waals surface area (Å²) in [6.07, 6.45) is -4.07. The lowest BCUT2D eigenvalue weighted by molar-refractivity contribution is -0.0885. The summed E-state index contributed by atoms with van der Waals surface area (Å²) in [4.78, 5) is 11.5. The van der Waals surface area contributed by atoms with Crippen LogP contribution in [0.2, 0.25) is 0 Å². The smallest absolute Gasteiger partial charge is 0.316 e. The Morgan fingerprint density at radius 3 is 2.04 bits per heavy atom. The average Bonchev–Trinajstić information content (AvgIpc) is 3.05. The van der Waals surface area contributed by atoms with E-state index in [4.69, 9.17) is 5.14 Å². The summed E-state index contributed by atoms with van der Waals surface area (Å²) in [6.45, 7) is 0. The van der Waals surface area contributed by atoms with Crippen LogP contribution in [0.3, 0.4) is 0 Å². The molecule has 0 amide bonds. The quantitative estimate of drug-likeness (QED) is 0.524. The zero-order chi connectivity index (χ0) is 20.7. The van der Waals surface area contributed by atoms with Gasteiger partial charge in [0.2, 0.25) is 10.0 Å². The predicted octanol–water partition coefficient (Wildman–Crippen LogP) is 3.68. The van der Waals surface area contributed by atoms with E-state index in [1.807, 2.05) is 0 Å². The number of ketones is 1. The molecule has 0 saturated heterocycles. The molecule has 0 fully saturated rings. The standard InChI is InChI=1S/C18H12F4N2O3S/c19-13-3-5-14(6-4-13)24-10-12(17(25)18(20,21)22)9-16(24)11-1-7-15(8-2-11)28(23,26)27/h1-10H,(H2,23,26,27). The fraction of sp³-hybridized carbons (Fsp3) is 0.0556. The minimum atomic E-state index is -5.07. The first-order valence-corrected chi connectivity index (χ1v) is 9.24. The molecule has 0 spiro atoms. The third-order valence-electron chi connectivity index (χ3n) is 3.92. The average molecular weight is 412 g/mol. The van der Waals surface area contributed by atoms with Crippen molar-refractivity contribution in [3.63, 3.8) is 0 Å². The molecule has 28 heavy (non-hydrogen) atoms. The molecular weight excluding hydrogens is 400 g/mol. The van der Waals surface area contributed by atoms with Crippen molar-refractivity contribution in [2.75, 3.05) is 0 Å². The highest BCUT2D eigenvalue weighted by atomic mass is 32.2. The van der Waals surface area contributed by atoms with Crippen LogP contribution < -0.4 is 5.14 Å². The number of primary sulfonamides is 1. The Labute approximate surface area is 157 Å². The van der Waals surface area contributed by atoms with Crippen molar-refractivity contribution in [1.82, 2.24) is 4.57 Å². The molecule has 5 nitrogen and oxygen atoms in total. The van der Waals surface area contributed by atoms with Crippen LogP contribution in [-0.2, 0) is 10.0 Å². The topological polar surface area (TPSA) is 82.2 Å². The highest BCUT2D eigenvalue weighted by Crippen LogP contribution is 2.30. The fourth-order valence-electron chi connectivity index (χ4n) is 2.60.